The van der Waals surface area contributed by atoms with Crippen LogP contribution in [0.5, 0.6) is 0 Å². The van der Waals surface area contributed by atoms with E-state index >= 15 is 0 Å². The highest BCUT2D eigenvalue weighted by molar-refractivity contribution is 5.70. The molecule has 0 aliphatic carbocycles. The van der Waals surface area contributed by atoms with Gasteiger partial charge in [-0.15, -0.1) is 0 Å². The van der Waals surface area contributed by atoms with Crippen LogP contribution < -0.4 is 0 Å². The Morgan fingerprint density at radius 1 is 0.792 bits per heavy atom. The molecule has 0 unspecified atom stereocenters. The lowest BCUT2D eigenvalue weighted by molar-refractivity contribution is -0.106. The number of rotatable bonds is 6. The molecule has 2 aromatic carbocycles. The van der Waals surface area contributed by atoms with Crippen molar-refractivity contribution in [2.45, 2.75) is 6.29 Å². The quantitative estimate of drug-likeness (QED) is 0.474. The van der Waals surface area contributed by atoms with E-state index in [1.54, 1.807) is 14.2 Å². The molecule has 0 atom stereocenters. The van der Waals surface area contributed by atoms with Gasteiger partial charge in [-0.25, -0.2) is 0 Å². The third-order valence-electron chi connectivity index (χ3n) is 3.85. The molecule has 0 amide bonds. The summed E-state index contributed by atoms with van der Waals surface area (Å²) in [5.41, 5.74) is 4.41. The topological polar surface area (TPSA) is 23.4 Å². The summed E-state index contributed by atoms with van der Waals surface area (Å²) in [6.07, 6.45) is 7.96. The molecule has 3 heteroatoms. The summed E-state index contributed by atoms with van der Waals surface area (Å²) in [6, 6.07) is 20.6. The standard InChI is InChI=1S/C21H21NO2/c1-23-21(24-2)19-9-5-7-17(15-19)11-12-18-8-6-10-20(16-18)22-13-3-4-14-22/h3-16,21H,1-2H3/b12-11+. The third-order valence-corrected chi connectivity index (χ3v) is 3.85. The Hall–Kier alpha value is -2.62. The van der Waals surface area contributed by atoms with Crippen LogP contribution in [-0.4, -0.2) is 18.8 Å². The smallest absolute Gasteiger partial charge is 0.183 e. The van der Waals surface area contributed by atoms with Crippen molar-refractivity contribution >= 4 is 12.2 Å². The van der Waals surface area contributed by atoms with Crippen molar-refractivity contribution < 1.29 is 9.47 Å². The summed E-state index contributed by atoms with van der Waals surface area (Å²) < 4.78 is 12.7. The van der Waals surface area contributed by atoms with Crippen molar-refractivity contribution in [3.05, 3.63) is 89.7 Å². The molecular formula is C21H21NO2. The number of hydrogen-bond donors (Lipinski definition) is 0. The van der Waals surface area contributed by atoms with E-state index in [-0.39, 0.29) is 6.29 Å². The lowest BCUT2D eigenvalue weighted by atomic mass is 10.1. The lowest BCUT2D eigenvalue weighted by Crippen LogP contribution is -2.03. The van der Waals surface area contributed by atoms with Crippen molar-refractivity contribution in [3.8, 4) is 5.69 Å². The second kappa shape index (κ2) is 7.77. The highest BCUT2D eigenvalue weighted by Crippen LogP contribution is 2.20. The molecule has 122 valence electrons. The monoisotopic (exact) mass is 319 g/mol. The molecule has 0 fully saturated rings. The minimum Gasteiger partial charge on any atom is -0.352 e. The first-order valence-corrected chi connectivity index (χ1v) is 7.87. The number of ether oxygens (including phenoxy) is 2. The Morgan fingerprint density at radius 3 is 2.08 bits per heavy atom. The first-order chi connectivity index (χ1) is 11.8. The van der Waals surface area contributed by atoms with Crippen molar-refractivity contribution in [3.63, 3.8) is 0 Å². The fraction of sp³-hybridized carbons (Fsp3) is 0.143. The third kappa shape index (κ3) is 3.82. The van der Waals surface area contributed by atoms with Crippen LogP contribution in [-0.2, 0) is 9.47 Å². The average molecular weight is 319 g/mol. The highest BCUT2D eigenvalue weighted by Gasteiger charge is 2.08. The van der Waals surface area contributed by atoms with Crippen LogP contribution in [0.1, 0.15) is 23.0 Å². The lowest BCUT2D eigenvalue weighted by Gasteiger charge is -2.13. The molecule has 1 aromatic heterocycles. The number of nitrogens with zero attached hydrogens (tertiary/aromatic N) is 1. The van der Waals surface area contributed by atoms with Crippen LogP contribution in [0, 0.1) is 0 Å². The van der Waals surface area contributed by atoms with Gasteiger partial charge in [-0.3, -0.25) is 0 Å². The van der Waals surface area contributed by atoms with Gasteiger partial charge in [0.05, 0.1) is 0 Å². The van der Waals surface area contributed by atoms with Gasteiger partial charge in [-0.2, -0.15) is 0 Å². The molecule has 0 saturated carbocycles. The Balaban J connectivity index is 1.81. The first kappa shape index (κ1) is 16.2. The van der Waals surface area contributed by atoms with Gasteiger partial charge in [0.2, 0.25) is 0 Å². The second-order valence-corrected chi connectivity index (χ2v) is 5.49. The summed E-state index contributed by atoms with van der Waals surface area (Å²) in [7, 11) is 3.28. The maximum absolute atomic E-state index is 5.31. The molecule has 0 saturated heterocycles. The largest absolute Gasteiger partial charge is 0.352 e. The number of aromatic nitrogens is 1. The van der Waals surface area contributed by atoms with Gasteiger partial charge in [0.15, 0.2) is 6.29 Å². The molecule has 0 aliphatic heterocycles. The van der Waals surface area contributed by atoms with E-state index < -0.39 is 0 Å². The molecule has 24 heavy (non-hydrogen) atoms. The highest BCUT2D eigenvalue weighted by atomic mass is 16.7. The molecule has 0 bridgehead atoms. The normalized spacial score (nSPS) is 11.5. The second-order valence-electron chi connectivity index (χ2n) is 5.49. The summed E-state index contributed by atoms with van der Waals surface area (Å²) in [4.78, 5) is 0. The molecule has 3 aromatic rings. The van der Waals surface area contributed by atoms with Gasteiger partial charge in [0.25, 0.3) is 0 Å². The van der Waals surface area contributed by atoms with Gasteiger partial charge in [0.1, 0.15) is 0 Å². The van der Waals surface area contributed by atoms with E-state index in [1.807, 2.05) is 36.7 Å². The molecule has 0 radical (unpaired) electrons. The van der Waals surface area contributed by atoms with E-state index in [4.69, 9.17) is 9.47 Å². The van der Waals surface area contributed by atoms with Crippen molar-refractivity contribution in [1.29, 1.82) is 0 Å². The van der Waals surface area contributed by atoms with E-state index in [0.29, 0.717) is 0 Å². The summed E-state index contributed by atoms with van der Waals surface area (Å²) in [6.45, 7) is 0. The van der Waals surface area contributed by atoms with Crippen molar-refractivity contribution in [2.75, 3.05) is 14.2 Å². The van der Waals surface area contributed by atoms with E-state index in [1.165, 1.54) is 0 Å². The number of hydrogen-bond acceptors (Lipinski definition) is 2. The Kier molecular flexibility index (Phi) is 5.26. The SMILES string of the molecule is COC(OC)c1cccc(/C=C/c2cccc(-n3cccc3)c2)c1. The molecule has 0 aliphatic rings. The molecule has 3 nitrogen and oxygen atoms in total. The maximum Gasteiger partial charge on any atom is 0.183 e. The van der Waals surface area contributed by atoms with Crippen LogP contribution >= 0.6 is 0 Å². The zero-order chi connectivity index (χ0) is 16.8. The molecule has 1 heterocycles. The molecule has 0 N–H and O–H groups in total. The molecular weight excluding hydrogens is 298 g/mol. The van der Waals surface area contributed by atoms with E-state index in [2.05, 4.69) is 53.1 Å². The first-order valence-electron chi connectivity index (χ1n) is 7.87. The van der Waals surface area contributed by atoms with E-state index in [9.17, 15) is 0 Å². The minimum absolute atomic E-state index is 0.338. The van der Waals surface area contributed by atoms with Crippen LogP contribution in [0.3, 0.4) is 0 Å². The fourth-order valence-corrected chi connectivity index (χ4v) is 2.67. The van der Waals surface area contributed by atoms with Crippen LogP contribution in [0.2, 0.25) is 0 Å². The molecule has 0 spiro atoms. The predicted molar refractivity (Wildman–Crippen MR) is 97.9 cm³/mol. The Morgan fingerprint density at radius 2 is 1.42 bits per heavy atom. The van der Waals surface area contributed by atoms with Gasteiger partial charge in [0, 0.05) is 37.9 Å². The van der Waals surface area contributed by atoms with Crippen LogP contribution in [0.4, 0.5) is 0 Å². The van der Waals surface area contributed by atoms with Gasteiger partial charge < -0.3 is 14.0 Å². The predicted octanol–water partition coefficient (Wildman–Crippen LogP) is 4.94. The Bertz CT molecular complexity index is 802. The van der Waals surface area contributed by atoms with Crippen LogP contribution in [0.25, 0.3) is 17.8 Å². The van der Waals surface area contributed by atoms with Gasteiger partial charge >= 0.3 is 0 Å². The van der Waals surface area contributed by atoms with Crippen LogP contribution in [0.15, 0.2) is 73.1 Å². The number of benzene rings is 2. The molecule has 3 rings (SSSR count). The fourth-order valence-electron chi connectivity index (χ4n) is 2.67. The van der Waals surface area contributed by atoms with Crippen molar-refractivity contribution in [2.24, 2.45) is 0 Å². The number of methoxy groups -OCH3 is 2. The zero-order valence-corrected chi connectivity index (χ0v) is 13.9. The minimum atomic E-state index is -0.338. The average Bonchev–Trinajstić information content (AvgIpc) is 3.16. The van der Waals surface area contributed by atoms with Crippen molar-refractivity contribution in [1.82, 2.24) is 4.57 Å². The summed E-state index contributed by atoms with van der Waals surface area (Å²) in [5.74, 6) is 0. The maximum atomic E-state index is 5.31. The zero-order valence-electron chi connectivity index (χ0n) is 13.9. The van der Waals surface area contributed by atoms with E-state index in [0.717, 1.165) is 22.4 Å². The van der Waals surface area contributed by atoms with Gasteiger partial charge in [-0.05, 0) is 41.5 Å². The summed E-state index contributed by atoms with van der Waals surface area (Å²) >= 11 is 0. The van der Waals surface area contributed by atoms with Gasteiger partial charge in [-0.1, -0.05) is 42.5 Å². The Labute approximate surface area is 142 Å². The summed E-state index contributed by atoms with van der Waals surface area (Å²) in [5, 5.41) is 0.